The van der Waals surface area contributed by atoms with Crippen molar-refractivity contribution in [2.24, 2.45) is 11.7 Å². The molecule has 1 atom stereocenters. The third kappa shape index (κ3) is 5.20. The normalized spacial score (nSPS) is 17.9. The minimum absolute atomic E-state index is 0.244. The number of likely N-dealkylation sites (tertiary alicyclic amines) is 1. The fourth-order valence-electron chi connectivity index (χ4n) is 2.94. The Morgan fingerprint density at radius 3 is 2.52 bits per heavy atom. The van der Waals surface area contributed by atoms with Gasteiger partial charge in [-0.25, -0.2) is 9.18 Å². The Hall–Kier alpha value is -1.62. The molecule has 2 rings (SSSR count). The third-order valence-corrected chi connectivity index (χ3v) is 4.16. The van der Waals surface area contributed by atoms with Crippen molar-refractivity contribution in [1.29, 1.82) is 0 Å². The number of benzene rings is 1. The average molecular weight is 322 g/mol. The maximum absolute atomic E-state index is 13.8. The lowest BCUT2D eigenvalue weighted by Crippen LogP contribution is -2.42. The largest absolute Gasteiger partial charge is 0.444 e. The lowest BCUT2D eigenvalue weighted by atomic mass is 9.88. The van der Waals surface area contributed by atoms with Crippen LogP contribution in [0.5, 0.6) is 0 Å². The number of carbonyl (C=O) groups is 1. The summed E-state index contributed by atoms with van der Waals surface area (Å²) in [5, 5.41) is 0. The number of rotatable bonds is 3. The maximum atomic E-state index is 13.8. The van der Waals surface area contributed by atoms with Crippen molar-refractivity contribution in [3.63, 3.8) is 0 Å². The molecule has 5 heteroatoms. The summed E-state index contributed by atoms with van der Waals surface area (Å²) in [6, 6.07) is 6.37. The molecule has 0 aliphatic carbocycles. The zero-order chi connectivity index (χ0) is 17.0. The molecule has 1 aromatic rings. The maximum Gasteiger partial charge on any atom is 0.410 e. The topological polar surface area (TPSA) is 55.6 Å². The summed E-state index contributed by atoms with van der Waals surface area (Å²) in [6.07, 6.45) is 2.24. The molecule has 128 valence electrons. The zero-order valence-corrected chi connectivity index (χ0v) is 14.2. The van der Waals surface area contributed by atoms with Gasteiger partial charge in [-0.05, 0) is 52.0 Å². The number of amides is 1. The number of carbonyl (C=O) groups excluding carboxylic acids is 1. The number of hydrogen-bond acceptors (Lipinski definition) is 3. The Balaban J connectivity index is 1.83. The molecular weight excluding hydrogens is 295 g/mol. The van der Waals surface area contributed by atoms with Gasteiger partial charge < -0.3 is 15.4 Å². The molecule has 4 nitrogen and oxygen atoms in total. The molecule has 1 aliphatic heterocycles. The van der Waals surface area contributed by atoms with E-state index in [-0.39, 0.29) is 18.0 Å². The smallest absolute Gasteiger partial charge is 0.410 e. The predicted octanol–water partition coefficient (Wildman–Crippen LogP) is 3.86. The number of hydrogen-bond donors (Lipinski definition) is 1. The summed E-state index contributed by atoms with van der Waals surface area (Å²) in [4.78, 5) is 13.8. The van der Waals surface area contributed by atoms with E-state index in [2.05, 4.69) is 0 Å². The Morgan fingerprint density at radius 2 is 1.96 bits per heavy atom. The number of nitrogens with zero attached hydrogens (tertiary/aromatic N) is 1. The Kier molecular flexibility index (Phi) is 5.63. The van der Waals surface area contributed by atoms with Gasteiger partial charge >= 0.3 is 6.09 Å². The van der Waals surface area contributed by atoms with Gasteiger partial charge in [0.1, 0.15) is 11.4 Å². The van der Waals surface area contributed by atoms with Crippen LogP contribution in [0.2, 0.25) is 0 Å². The van der Waals surface area contributed by atoms with Gasteiger partial charge in [0.2, 0.25) is 0 Å². The van der Waals surface area contributed by atoms with E-state index >= 15 is 0 Å². The molecule has 1 heterocycles. The summed E-state index contributed by atoms with van der Waals surface area (Å²) in [7, 11) is 0. The monoisotopic (exact) mass is 322 g/mol. The highest BCUT2D eigenvalue weighted by atomic mass is 19.1. The highest BCUT2D eigenvalue weighted by Crippen LogP contribution is 2.28. The van der Waals surface area contributed by atoms with Crippen molar-refractivity contribution in [3.05, 3.63) is 35.6 Å². The van der Waals surface area contributed by atoms with E-state index < -0.39 is 5.60 Å². The lowest BCUT2D eigenvalue weighted by Gasteiger charge is -2.34. The molecule has 0 spiro atoms. The van der Waals surface area contributed by atoms with Crippen molar-refractivity contribution in [1.82, 2.24) is 4.90 Å². The molecule has 2 N–H and O–H groups in total. The minimum Gasteiger partial charge on any atom is -0.444 e. The highest BCUT2D eigenvalue weighted by molar-refractivity contribution is 5.68. The number of piperidine rings is 1. The summed E-state index contributed by atoms with van der Waals surface area (Å²) < 4.78 is 19.2. The summed E-state index contributed by atoms with van der Waals surface area (Å²) >= 11 is 0. The molecule has 1 fully saturated rings. The van der Waals surface area contributed by atoms with Crippen LogP contribution in [-0.2, 0) is 4.74 Å². The second-order valence-electron chi connectivity index (χ2n) is 7.27. The van der Waals surface area contributed by atoms with Crippen molar-refractivity contribution in [3.8, 4) is 0 Å². The molecule has 1 aliphatic rings. The van der Waals surface area contributed by atoms with Gasteiger partial charge in [0, 0.05) is 24.7 Å². The van der Waals surface area contributed by atoms with Crippen LogP contribution in [0.4, 0.5) is 9.18 Å². The standard InChI is InChI=1S/C18H27FN2O2/c1-18(2,3)23-17(22)21-10-8-13(9-11-21)12-16(20)14-6-4-5-7-15(14)19/h4-7,13,16H,8-12,20H2,1-3H3/t16-/m1/s1. The molecule has 0 aromatic heterocycles. The van der Waals surface area contributed by atoms with Crippen LogP contribution in [0.1, 0.15) is 51.6 Å². The van der Waals surface area contributed by atoms with Crippen LogP contribution >= 0.6 is 0 Å². The molecule has 1 saturated heterocycles. The third-order valence-electron chi connectivity index (χ3n) is 4.16. The van der Waals surface area contributed by atoms with E-state index in [1.54, 1.807) is 17.0 Å². The Morgan fingerprint density at radius 1 is 1.35 bits per heavy atom. The Labute approximate surface area is 137 Å². The van der Waals surface area contributed by atoms with Gasteiger partial charge in [0.15, 0.2) is 0 Å². The fourth-order valence-corrected chi connectivity index (χ4v) is 2.94. The SMILES string of the molecule is CC(C)(C)OC(=O)N1CCC(C[C@@H](N)c2ccccc2F)CC1. The van der Waals surface area contributed by atoms with Crippen molar-refractivity contribution in [2.75, 3.05) is 13.1 Å². The van der Waals surface area contributed by atoms with Crippen molar-refractivity contribution >= 4 is 6.09 Å². The summed E-state index contributed by atoms with van der Waals surface area (Å²) in [5.74, 6) is 0.162. The van der Waals surface area contributed by atoms with Crippen molar-refractivity contribution in [2.45, 2.75) is 51.7 Å². The van der Waals surface area contributed by atoms with E-state index in [9.17, 15) is 9.18 Å². The first kappa shape index (κ1) is 17.7. The predicted molar refractivity (Wildman–Crippen MR) is 88.5 cm³/mol. The first-order chi connectivity index (χ1) is 10.8. The average Bonchev–Trinajstić information content (AvgIpc) is 2.46. The zero-order valence-electron chi connectivity index (χ0n) is 14.2. The van der Waals surface area contributed by atoms with Crippen LogP contribution in [-0.4, -0.2) is 29.7 Å². The molecule has 1 amide bonds. The van der Waals surface area contributed by atoms with E-state index in [1.807, 2.05) is 26.8 Å². The minimum atomic E-state index is -0.471. The number of nitrogens with two attached hydrogens (primary N) is 1. The Bertz CT molecular complexity index is 534. The van der Waals surface area contributed by atoms with E-state index in [0.29, 0.717) is 24.6 Å². The highest BCUT2D eigenvalue weighted by Gasteiger charge is 2.28. The van der Waals surface area contributed by atoms with Crippen LogP contribution in [0.25, 0.3) is 0 Å². The quantitative estimate of drug-likeness (QED) is 0.919. The van der Waals surface area contributed by atoms with E-state index in [1.165, 1.54) is 6.07 Å². The lowest BCUT2D eigenvalue weighted by molar-refractivity contribution is 0.0179. The van der Waals surface area contributed by atoms with Gasteiger partial charge in [0.05, 0.1) is 0 Å². The molecule has 0 bridgehead atoms. The molecule has 1 aromatic carbocycles. The van der Waals surface area contributed by atoms with Gasteiger partial charge in [-0.3, -0.25) is 0 Å². The second-order valence-corrected chi connectivity index (χ2v) is 7.27. The first-order valence-corrected chi connectivity index (χ1v) is 8.24. The van der Waals surface area contributed by atoms with E-state index in [4.69, 9.17) is 10.5 Å². The number of ether oxygens (including phenoxy) is 1. The molecule has 0 radical (unpaired) electrons. The van der Waals surface area contributed by atoms with Gasteiger partial charge in [-0.15, -0.1) is 0 Å². The fraction of sp³-hybridized carbons (Fsp3) is 0.611. The second kappa shape index (κ2) is 7.30. The van der Waals surface area contributed by atoms with Crippen LogP contribution in [0.3, 0.4) is 0 Å². The number of halogens is 1. The first-order valence-electron chi connectivity index (χ1n) is 8.24. The summed E-state index contributed by atoms with van der Waals surface area (Å²) in [6.45, 7) is 6.94. The van der Waals surface area contributed by atoms with Crippen molar-refractivity contribution < 1.29 is 13.9 Å². The van der Waals surface area contributed by atoms with E-state index in [0.717, 1.165) is 19.3 Å². The molecular formula is C18H27FN2O2. The van der Waals surface area contributed by atoms with Gasteiger partial charge in [0.25, 0.3) is 0 Å². The molecule has 23 heavy (non-hydrogen) atoms. The van der Waals surface area contributed by atoms with Gasteiger partial charge in [-0.1, -0.05) is 18.2 Å². The van der Waals surface area contributed by atoms with Crippen LogP contribution in [0, 0.1) is 11.7 Å². The van der Waals surface area contributed by atoms with Crippen LogP contribution < -0.4 is 5.73 Å². The summed E-state index contributed by atoms with van der Waals surface area (Å²) in [5.41, 5.74) is 6.26. The van der Waals surface area contributed by atoms with Gasteiger partial charge in [-0.2, -0.15) is 0 Å². The molecule has 0 unspecified atom stereocenters. The van der Waals surface area contributed by atoms with Crippen LogP contribution in [0.15, 0.2) is 24.3 Å². The molecule has 0 saturated carbocycles.